The van der Waals surface area contributed by atoms with E-state index in [9.17, 15) is 4.79 Å². The number of benzene rings is 1. The van der Waals surface area contributed by atoms with Crippen LogP contribution in [-0.2, 0) is 0 Å². The summed E-state index contributed by atoms with van der Waals surface area (Å²) in [5.41, 5.74) is 1.71. The Balaban J connectivity index is 2.09. The summed E-state index contributed by atoms with van der Waals surface area (Å²) in [6.07, 6.45) is 1.60. The van der Waals surface area contributed by atoms with E-state index in [4.69, 9.17) is 9.52 Å². The van der Waals surface area contributed by atoms with Crippen LogP contribution < -0.4 is 5.32 Å². The quantitative estimate of drug-likeness (QED) is 0.867. The number of aliphatic hydroxyl groups excluding tert-OH is 1. The van der Waals surface area contributed by atoms with Crippen molar-refractivity contribution in [3.8, 4) is 11.1 Å². The van der Waals surface area contributed by atoms with Gasteiger partial charge in [-0.1, -0.05) is 30.3 Å². The van der Waals surface area contributed by atoms with Crippen LogP contribution in [-0.4, -0.2) is 23.7 Å². The van der Waals surface area contributed by atoms with Crippen LogP contribution in [0.5, 0.6) is 0 Å². The molecule has 0 aliphatic carbocycles. The van der Waals surface area contributed by atoms with Gasteiger partial charge in [-0.25, -0.2) is 0 Å². The molecule has 0 fully saturated rings. The molecule has 0 aliphatic rings. The second-order valence-corrected chi connectivity index (χ2v) is 4.42. The summed E-state index contributed by atoms with van der Waals surface area (Å²) in [7, 11) is 0. The molecule has 1 amide bonds. The Morgan fingerprint density at radius 3 is 2.74 bits per heavy atom. The number of rotatable bonds is 5. The summed E-state index contributed by atoms with van der Waals surface area (Å²) in [6.45, 7) is 2.11. The molecule has 19 heavy (non-hydrogen) atoms. The molecule has 0 saturated carbocycles. The number of carbonyl (C=O) groups is 1. The van der Waals surface area contributed by atoms with E-state index in [1.807, 2.05) is 30.3 Å². The average Bonchev–Trinajstić information content (AvgIpc) is 2.88. The molecule has 2 N–H and O–H groups in total. The van der Waals surface area contributed by atoms with Crippen molar-refractivity contribution >= 4 is 5.91 Å². The molecule has 1 unspecified atom stereocenters. The van der Waals surface area contributed by atoms with Crippen LogP contribution >= 0.6 is 0 Å². The Labute approximate surface area is 112 Å². The van der Waals surface area contributed by atoms with Gasteiger partial charge in [0.1, 0.15) is 0 Å². The molecule has 1 heterocycles. The van der Waals surface area contributed by atoms with Gasteiger partial charge in [0.25, 0.3) is 5.91 Å². The minimum atomic E-state index is -0.425. The number of hydrogen-bond acceptors (Lipinski definition) is 3. The second kappa shape index (κ2) is 6.20. The zero-order valence-electron chi connectivity index (χ0n) is 10.8. The molecule has 1 aromatic carbocycles. The van der Waals surface area contributed by atoms with Crippen LogP contribution in [0, 0.1) is 0 Å². The Hall–Kier alpha value is -2.07. The first-order chi connectivity index (χ1) is 9.18. The number of amides is 1. The maximum Gasteiger partial charge on any atom is 0.287 e. The highest BCUT2D eigenvalue weighted by molar-refractivity contribution is 5.98. The highest BCUT2D eigenvalue weighted by Gasteiger charge is 2.16. The lowest BCUT2D eigenvalue weighted by Crippen LogP contribution is -2.26. The highest BCUT2D eigenvalue weighted by Crippen LogP contribution is 2.24. The van der Waals surface area contributed by atoms with Crippen molar-refractivity contribution in [2.75, 3.05) is 6.54 Å². The van der Waals surface area contributed by atoms with Crippen molar-refractivity contribution in [2.45, 2.75) is 19.4 Å². The largest absolute Gasteiger partial charge is 0.459 e. The van der Waals surface area contributed by atoms with Gasteiger partial charge >= 0.3 is 0 Å². The first-order valence-corrected chi connectivity index (χ1v) is 6.27. The number of furan rings is 1. The fraction of sp³-hybridized carbons (Fsp3) is 0.267. The van der Waals surface area contributed by atoms with Crippen molar-refractivity contribution in [3.05, 3.63) is 48.4 Å². The Bertz CT molecular complexity index is 531. The van der Waals surface area contributed by atoms with E-state index in [0.717, 1.165) is 11.1 Å². The van der Waals surface area contributed by atoms with Crippen LogP contribution in [0.15, 0.2) is 47.1 Å². The Morgan fingerprint density at radius 2 is 2.05 bits per heavy atom. The van der Waals surface area contributed by atoms with Crippen molar-refractivity contribution in [3.63, 3.8) is 0 Å². The summed E-state index contributed by atoms with van der Waals surface area (Å²) < 4.78 is 5.26. The smallest absolute Gasteiger partial charge is 0.287 e. The van der Waals surface area contributed by atoms with E-state index >= 15 is 0 Å². The fourth-order valence-electron chi connectivity index (χ4n) is 1.81. The zero-order chi connectivity index (χ0) is 13.7. The number of carbonyl (C=O) groups excluding carboxylic acids is 1. The summed E-state index contributed by atoms with van der Waals surface area (Å²) in [6, 6.07) is 11.4. The molecule has 100 valence electrons. The standard InChI is InChI=1S/C15H17NO3/c1-11(17)7-9-16-15(18)14-13(8-10-19-14)12-5-3-2-4-6-12/h2-6,8,10-11,17H,7,9H2,1H3,(H,16,18). The lowest BCUT2D eigenvalue weighted by atomic mass is 10.1. The van der Waals surface area contributed by atoms with Gasteiger partial charge in [0.15, 0.2) is 5.76 Å². The summed E-state index contributed by atoms with van der Waals surface area (Å²) in [5, 5.41) is 11.9. The highest BCUT2D eigenvalue weighted by atomic mass is 16.3. The molecule has 0 bridgehead atoms. The van der Waals surface area contributed by atoms with Gasteiger partial charge in [-0.15, -0.1) is 0 Å². The van der Waals surface area contributed by atoms with Crippen LogP contribution in [0.2, 0.25) is 0 Å². The van der Waals surface area contributed by atoms with E-state index < -0.39 is 6.10 Å². The van der Waals surface area contributed by atoms with Gasteiger partial charge in [-0.3, -0.25) is 4.79 Å². The molecular formula is C15H17NO3. The van der Waals surface area contributed by atoms with Crippen molar-refractivity contribution in [2.24, 2.45) is 0 Å². The van der Waals surface area contributed by atoms with Gasteiger partial charge in [0.2, 0.25) is 0 Å². The van der Waals surface area contributed by atoms with Crippen molar-refractivity contribution in [1.29, 1.82) is 0 Å². The molecule has 2 rings (SSSR count). The Morgan fingerprint density at radius 1 is 1.32 bits per heavy atom. The van der Waals surface area contributed by atoms with E-state index in [1.165, 1.54) is 6.26 Å². The summed E-state index contributed by atoms with van der Waals surface area (Å²) in [5.74, 6) is 0.0429. The lowest BCUT2D eigenvalue weighted by molar-refractivity contribution is 0.0919. The topological polar surface area (TPSA) is 62.5 Å². The summed E-state index contributed by atoms with van der Waals surface area (Å²) >= 11 is 0. The first-order valence-electron chi connectivity index (χ1n) is 6.27. The van der Waals surface area contributed by atoms with Gasteiger partial charge in [0.05, 0.1) is 12.4 Å². The molecule has 4 nitrogen and oxygen atoms in total. The third-order valence-corrected chi connectivity index (χ3v) is 2.80. The molecule has 1 atom stereocenters. The van der Waals surface area contributed by atoms with E-state index in [-0.39, 0.29) is 5.91 Å². The van der Waals surface area contributed by atoms with E-state index in [0.29, 0.717) is 18.7 Å². The molecular weight excluding hydrogens is 242 g/mol. The molecule has 1 aromatic heterocycles. The molecule has 4 heteroatoms. The zero-order valence-corrected chi connectivity index (χ0v) is 10.8. The molecule has 0 aliphatic heterocycles. The molecule has 0 saturated heterocycles. The van der Waals surface area contributed by atoms with Gasteiger partial charge in [0, 0.05) is 12.1 Å². The maximum atomic E-state index is 12.0. The molecule has 2 aromatic rings. The number of nitrogens with one attached hydrogen (secondary N) is 1. The fourth-order valence-corrected chi connectivity index (χ4v) is 1.81. The van der Waals surface area contributed by atoms with Crippen LogP contribution in [0.25, 0.3) is 11.1 Å². The molecule has 0 spiro atoms. The third kappa shape index (κ3) is 3.45. The number of aliphatic hydroxyl groups is 1. The number of hydrogen-bond donors (Lipinski definition) is 2. The van der Waals surface area contributed by atoms with Crippen molar-refractivity contribution in [1.82, 2.24) is 5.32 Å². The maximum absolute atomic E-state index is 12.0. The minimum Gasteiger partial charge on any atom is -0.459 e. The monoisotopic (exact) mass is 259 g/mol. The van der Waals surface area contributed by atoms with Crippen LogP contribution in [0.1, 0.15) is 23.9 Å². The minimum absolute atomic E-state index is 0.260. The second-order valence-electron chi connectivity index (χ2n) is 4.42. The normalized spacial score (nSPS) is 12.1. The van der Waals surface area contributed by atoms with Gasteiger partial charge in [-0.2, -0.15) is 0 Å². The van der Waals surface area contributed by atoms with E-state index in [1.54, 1.807) is 13.0 Å². The predicted molar refractivity (Wildman–Crippen MR) is 72.8 cm³/mol. The third-order valence-electron chi connectivity index (χ3n) is 2.80. The van der Waals surface area contributed by atoms with E-state index in [2.05, 4.69) is 5.32 Å². The van der Waals surface area contributed by atoms with Crippen LogP contribution in [0.4, 0.5) is 0 Å². The van der Waals surface area contributed by atoms with Crippen molar-refractivity contribution < 1.29 is 14.3 Å². The Kier molecular flexibility index (Phi) is 4.36. The van der Waals surface area contributed by atoms with Crippen LogP contribution in [0.3, 0.4) is 0 Å². The summed E-state index contributed by atoms with van der Waals surface area (Å²) in [4.78, 5) is 12.0. The first kappa shape index (κ1) is 13.4. The predicted octanol–water partition coefficient (Wildman–Crippen LogP) is 2.45. The molecule has 0 radical (unpaired) electrons. The SMILES string of the molecule is CC(O)CCNC(=O)c1occc1-c1ccccc1. The lowest BCUT2D eigenvalue weighted by Gasteiger charge is -2.06. The van der Waals surface area contributed by atoms with Gasteiger partial charge < -0.3 is 14.8 Å². The average molecular weight is 259 g/mol. The van der Waals surface area contributed by atoms with Gasteiger partial charge in [-0.05, 0) is 25.0 Å².